The van der Waals surface area contributed by atoms with Crippen LogP contribution in [0.4, 0.5) is 20.3 Å². The maximum absolute atomic E-state index is 14.9. The molecule has 3 N–H and O–H groups in total. The molecule has 0 fully saturated rings. The largest absolute Gasteiger partial charge is 0.453 e. The van der Waals surface area contributed by atoms with E-state index >= 15 is 0 Å². The first-order valence-corrected chi connectivity index (χ1v) is 11.4. The van der Waals surface area contributed by atoms with Crippen molar-refractivity contribution in [3.05, 3.63) is 106 Å². The van der Waals surface area contributed by atoms with Crippen molar-refractivity contribution in [3.8, 4) is 29.0 Å². The average Bonchev–Trinajstić information content (AvgIpc) is 2.88. The summed E-state index contributed by atoms with van der Waals surface area (Å²) in [4.78, 5) is 31.6. The van der Waals surface area contributed by atoms with Crippen molar-refractivity contribution in [3.63, 3.8) is 0 Å². The van der Waals surface area contributed by atoms with Gasteiger partial charge in [-0.1, -0.05) is 11.8 Å². The molecule has 0 atom stereocenters. The van der Waals surface area contributed by atoms with E-state index in [0.717, 1.165) is 6.07 Å². The van der Waals surface area contributed by atoms with Crippen molar-refractivity contribution in [2.24, 2.45) is 0 Å². The van der Waals surface area contributed by atoms with Crippen LogP contribution in [0.25, 0.3) is 5.69 Å². The van der Waals surface area contributed by atoms with Crippen molar-refractivity contribution in [2.45, 2.75) is 0 Å². The number of nitrogens with one attached hydrogen (secondary N) is 1. The molecule has 40 heavy (non-hydrogen) atoms. The Morgan fingerprint density at radius 1 is 1.07 bits per heavy atom. The van der Waals surface area contributed by atoms with Crippen molar-refractivity contribution < 1.29 is 18.3 Å². The number of hydrogen-bond donors (Lipinski definition) is 2. The van der Waals surface area contributed by atoms with Gasteiger partial charge in [-0.15, -0.1) is 24.8 Å². The molecule has 1 amide bonds. The van der Waals surface area contributed by atoms with E-state index in [1.54, 1.807) is 0 Å². The van der Waals surface area contributed by atoms with Gasteiger partial charge < -0.3 is 15.8 Å². The Hall–Kier alpha value is -4.43. The first-order chi connectivity index (χ1) is 18.2. The van der Waals surface area contributed by atoms with Gasteiger partial charge >= 0.3 is 0 Å². The zero-order chi connectivity index (χ0) is 27.2. The Morgan fingerprint density at radius 3 is 2.48 bits per heavy atom. The lowest BCUT2D eigenvalue weighted by Gasteiger charge is -2.12. The molecule has 4 aromatic rings. The molecular formula is C28H25Cl2F2N5O3. The fourth-order valence-electron chi connectivity index (χ4n) is 3.41. The number of amides is 1. The van der Waals surface area contributed by atoms with Crippen molar-refractivity contribution in [1.82, 2.24) is 14.5 Å². The summed E-state index contributed by atoms with van der Waals surface area (Å²) >= 11 is 0. The monoisotopic (exact) mass is 587 g/mol. The van der Waals surface area contributed by atoms with Crippen LogP contribution >= 0.6 is 24.8 Å². The summed E-state index contributed by atoms with van der Waals surface area (Å²) in [6, 6.07) is 13.5. The first kappa shape index (κ1) is 31.8. The minimum atomic E-state index is -0.762. The molecule has 0 unspecified atom stereocenters. The highest BCUT2D eigenvalue weighted by Crippen LogP contribution is 2.30. The molecule has 0 aliphatic rings. The Balaban J connectivity index is 0.00000280. The lowest BCUT2D eigenvalue weighted by atomic mass is 10.2. The summed E-state index contributed by atoms with van der Waals surface area (Å²) < 4.78 is 35.1. The fourth-order valence-corrected chi connectivity index (χ4v) is 3.41. The van der Waals surface area contributed by atoms with Crippen LogP contribution in [-0.4, -0.2) is 41.0 Å². The van der Waals surface area contributed by atoms with Gasteiger partial charge in [-0.2, -0.15) is 0 Å². The molecule has 208 valence electrons. The number of hydrogen-bond acceptors (Lipinski definition) is 6. The summed E-state index contributed by atoms with van der Waals surface area (Å²) in [6.45, 7) is 0.479. The Kier molecular flexibility index (Phi) is 11.2. The van der Waals surface area contributed by atoms with Crippen LogP contribution in [0.2, 0.25) is 0 Å². The number of nitrogen functional groups attached to an aromatic ring is 1. The summed E-state index contributed by atoms with van der Waals surface area (Å²) in [6.07, 6.45) is 2.88. The summed E-state index contributed by atoms with van der Waals surface area (Å²) in [5.41, 5.74) is 5.97. The zero-order valence-electron chi connectivity index (χ0n) is 21.4. The molecule has 0 spiro atoms. The van der Waals surface area contributed by atoms with Gasteiger partial charge in [-0.05, 0) is 62.6 Å². The quantitative estimate of drug-likeness (QED) is 0.311. The normalized spacial score (nSPS) is 10.0. The molecule has 12 heteroatoms. The standard InChI is InChI=1S/C28H23F2N5O3.2ClH/c1-34(2)15-3-5-21-24(13-14-32-26(21)31)38-25-12-9-19(17-23(25)30)33-27(36)22-6-4-16-35(28(22)37)20-10-7-18(29)8-11-20;;/h4,6-14,16-17H,15H2,1-2H3,(H2,31,32)(H,33,36);2*1H. The van der Waals surface area contributed by atoms with E-state index < -0.39 is 23.1 Å². The van der Waals surface area contributed by atoms with E-state index in [2.05, 4.69) is 22.1 Å². The second-order valence-electron chi connectivity index (χ2n) is 8.38. The third-order valence-corrected chi connectivity index (χ3v) is 5.26. The molecule has 0 aliphatic carbocycles. The van der Waals surface area contributed by atoms with Crippen LogP contribution in [0, 0.1) is 23.5 Å². The van der Waals surface area contributed by atoms with E-state index in [-0.39, 0.29) is 53.4 Å². The second kappa shape index (κ2) is 14.1. The zero-order valence-corrected chi connectivity index (χ0v) is 23.0. The van der Waals surface area contributed by atoms with Crippen LogP contribution in [0.15, 0.2) is 77.9 Å². The number of ether oxygens (including phenoxy) is 1. The smallest absolute Gasteiger partial charge is 0.267 e. The van der Waals surface area contributed by atoms with E-state index in [1.807, 2.05) is 19.0 Å². The van der Waals surface area contributed by atoms with Gasteiger partial charge in [0.05, 0.1) is 6.54 Å². The van der Waals surface area contributed by atoms with Crippen LogP contribution in [0.3, 0.4) is 0 Å². The second-order valence-corrected chi connectivity index (χ2v) is 8.38. The molecule has 8 nitrogen and oxygen atoms in total. The van der Waals surface area contributed by atoms with Gasteiger partial charge in [0.2, 0.25) is 0 Å². The molecule has 0 saturated heterocycles. The topological polar surface area (TPSA) is 102 Å². The van der Waals surface area contributed by atoms with Crippen molar-refractivity contribution in [2.75, 3.05) is 31.7 Å². The predicted molar refractivity (Wildman–Crippen MR) is 155 cm³/mol. The number of aromatic nitrogens is 2. The molecule has 0 radical (unpaired) electrons. The number of rotatable bonds is 6. The molecular weight excluding hydrogens is 563 g/mol. The third kappa shape index (κ3) is 7.57. The molecule has 4 rings (SSSR count). The van der Waals surface area contributed by atoms with Gasteiger partial charge in [0.15, 0.2) is 11.6 Å². The van der Waals surface area contributed by atoms with Crippen LogP contribution in [0.5, 0.6) is 11.5 Å². The predicted octanol–water partition coefficient (Wildman–Crippen LogP) is 4.89. The molecule has 2 heterocycles. The molecule has 0 saturated carbocycles. The van der Waals surface area contributed by atoms with E-state index in [9.17, 15) is 18.4 Å². The van der Waals surface area contributed by atoms with Gasteiger partial charge in [-0.25, -0.2) is 13.8 Å². The minimum absolute atomic E-state index is 0. The summed E-state index contributed by atoms with van der Waals surface area (Å²) in [7, 11) is 3.74. The number of nitrogens with two attached hydrogens (primary N) is 1. The number of pyridine rings is 2. The number of nitrogens with zero attached hydrogens (tertiary/aromatic N) is 3. The van der Waals surface area contributed by atoms with E-state index in [0.29, 0.717) is 17.8 Å². The number of anilines is 2. The average molecular weight is 588 g/mol. The highest BCUT2D eigenvalue weighted by molar-refractivity contribution is 6.04. The van der Waals surface area contributed by atoms with E-state index in [1.165, 1.54) is 71.6 Å². The lowest BCUT2D eigenvalue weighted by Crippen LogP contribution is -2.27. The van der Waals surface area contributed by atoms with Crippen LogP contribution in [-0.2, 0) is 0 Å². The van der Waals surface area contributed by atoms with E-state index in [4.69, 9.17) is 10.5 Å². The third-order valence-electron chi connectivity index (χ3n) is 5.26. The maximum atomic E-state index is 14.9. The van der Waals surface area contributed by atoms with Gasteiger partial charge in [-0.3, -0.25) is 19.1 Å². The minimum Gasteiger partial charge on any atom is -0.453 e. The van der Waals surface area contributed by atoms with Gasteiger partial charge in [0, 0.05) is 35.9 Å². The van der Waals surface area contributed by atoms with Crippen molar-refractivity contribution >= 4 is 42.2 Å². The highest BCUT2D eigenvalue weighted by atomic mass is 35.5. The maximum Gasteiger partial charge on any atom is 0.267 e. The molecule has 0 bridgehead atoms. The highest BCUT2D eigenvalue weighted by Gasteiger charge is 2.16. The number of carbonyl (C=O) groups excluding carboxylic acids is 1. The summed E-state index contributed by atoms with van der Waals surface area (Å²) in [5.74, 6) is 4.14. The molecule has 2 aromatic carbocycles. The first-order valence-electron chi connectivity index (χ1n) is 11.4. The molecule has 2 aromatic heterocycles. The lowest BCUT2D eigenvalue weighted by molar-refractivity contribution is 0.102. The number of carbonyl (C=O) groups is 1. The molecule has 0 aliphatic heterocycles. The van der Waals surface area contributed by atoms with Gasteiger partial charge in [0.25, 0.3) is 11.5 Å². The summed E-state index contributed by atoms with van der Waals surface area (Å²) in [5, 5.41) is 2.51. The fraction of sp³-hybridized carbons (Fsp3) is 0.107. The Bertz CT molecular complexity index is 1620. The van der Waals surface area contributed by atoms with Crippen molar-refractivity contribution in [1.29, 1.82) is 0 Å². The number of benzene rings is 2. The van der Waals surface area contributed by atoms with Gasteiger partial charge in [0.1, 0.15) is 28.5 Å². The Morgan fingerprint density at radius 2 is 1.80 bits per heavy atom. The Labute approximate surface area is 241 Å². The number of halogens is 4. The van der Waals surface area contributed by atoms with Crippen LogP contribution in [0.1, 0.15) is 15.9 Å². The van der Waals surface area contributed by atoms with Crippen LogP contribution < -0.4 is 21.3 Å². The SMILES string of the molecule is CN(C)CC#Cc1c(Oc2ccc(NC(=O)c3cccn(-c4ccc(F)cc4)c3=O)cc2F)ccnc1N.Cl.Cl.